The molecule has 0 unspecified atom stereocenters. The molecule has 0 fully saturated rings. The molecule has 0 aliphatic carbocycles. The lowest BCUT2D eigenvalue weighted by Gasteiger charge is -2.22. The standard InChI is InChI=1S/C25H30O4S2/c1-16-10-11-21-22(28)20-9-5-7-18(24(20)29-23(21)17(16)2)15-19(27)8-6-13-30-25(3,4)31-14-12-26/h5,7,9-11,26H,6,8,12-15H2,1-4H3. The summed E-state index contributed by atoms with van der Waals surface area (Å²) in [6.45, 7) is 8.43. The van der Waals surface area contributed by atoms with Gasteiger partial charge in [-0.2, -0.15) is 0 Å². The number of aliphatic hydroxyl groups excluding tert-OH is 1. The molecule has 0 spiro atoms. The van der Waals surface area contributed by atoms with Crippen LogP contribution in [0.5, 0.6) is 0 Å². The van der Waals surface area contributed by atoms with Gasteiger partial charge in [-0.05, 0) is 63.1 Å². The van der Waals surface area contributed by atoms with Crippen LogP contribution in [-0.2, 0) is 11.2 Å². The maximum absolute atomic E-state index is 13.0. The fourth-order valence-corrected chi connectivity index (χ4v) is 5.79. The average molecular weight is 459 g/mol. The van der Waals surface area contributed by atoms with E-state index in [0.29, 0.717) is 28.4 Å². The molecule has 1 N–H and O–H groups in total. The van der Waals surface area contributed by atoms with Gasteiger partial charge in [-0.3, -0.25) is 9.59 Å². The summed E-state index contributed by atoms with van der Waals surface area (Å²) in [7, 11) is 0. The van der Waals surface area contributed by atoms with Crippen LogP contribution < -0.4 is 5.43 Å². The number of hydrogen-bond acceptors (Lipinski definition) is 6. The van der Waals surface area contributed by atoms with Crippen LogP contribution in [0.15, 0.2) is 39.5 Å². The molecule has 6 heteroatoms. The third-order valence-corrected chi connectivity index (χ3v) is 8.42. The topological polar surface area (TPSA) is 67.5 Å². The predicted octanol–water partition coefficient (Wildman–Crippen LogP) is 5.65. The molecule has 166 valence electrons. The van der Waals surface area contributed by atoms with Crippen LogP contribution >= 0.6 is 23.5 Å². The lowest BCUT2D eigenvalue weighted by atomic mass is 10.0. The highest BCUT2D eigenvalue weighted by Crippen LogP contribution is 2.36. The van der Waals surface area contributed by atoms with Gasteiger partial charge >= 0.3 is 0 Å². The van der Waals surface area contributed by atoms with Gasteiger partial charge in [0, 0.05) is 24.2 Å². The van der Waals surface area contributed by atoms with Crippen molar-refractivity contribution < 1.29 is 14.3 Å². The van der Waals surface area contributed by atoms with Crippen molar-refractivity contribution in [2.75, 3.05) is 18.1 Å². The molecule has 0 saturated heterocycles. The van der Waals surface area contributed by atoms with Crippen molar-refractivity contribution in [3.8, 4) is 0 Å². The van der Waals surface area contributed by atoms with Gasteiger partial charge in [0.1, 0.15) is 16.9 Å². The summed E-state index contributed by atoms with van der Waals surface area (Å²) in [5.74, 6) is 1.77. The summed E-state index contributed by atoms with van der Waals surface area (Å²) in [6.07, 6.45) is 1.58. The molecular formula is C25H30O4S2. The Kier molecular flexibility index (Phi) is 7.89. The molecule has 4 nitrogen and oxygen atoms in total. The normalized spacial score (nSPS) is 12.0. The maximum atomic E-state index is 13.0. The Hall–Kier alpha value is -1.76. The number of benzene rings is 2. The number of thioether (sulfide) groups is 2. The minimum Gasteiger partial charge on any atom is -0.455 e. The van der Waals surface area contributed by atoms with Crippen molar-refractivity contribution in [3.05, 3.63) is 57.2 Å². The van der Waals surface area contributed by atoms with Crippen LogP contribution in [-0.4, -0.2) is 33.1 Å². The van der Waals surface area contributed by atoms with Crippen LogP contribution in [0.2, 0.25) is 0 Å². The van der Waals surface area contributed by atoms with E-state index in [4.69, 9.17) is 9.52 Å². The number of aryl methyl sites for hydroxylation is 2. The van der Waals surface area contributed by atoms with Crippen LogP contribution in [0.25, 0.3) is 21.9 Å². The van der Waals surface area contributed by atoms with Crippen molar-refractivity contribution in [1.29, 1.82) is 0 Å². The average Bonchev–Trinajstić information content (AvgIpc) is 2.73. The SMILES string of the molecule is Cc1ccc2c(=O)c3cccc(CC(=O)CCCSC(C)(C)SCCO)c3oc2c1C. The first-order valence-electron chi connectivity index (χ1n) is 10.6. The molecule has 3 rings (SSSR count). The second-order valence-electron chi connectivity index (χ2n) is 8.25. The molecule has 1 aromatic heterocycles. The fraction of sp³-hybridized carbons (Fsp3) is 0.440. The number of carbonyl (C=O) groups excluding carboxylic acids is 1. The van der Waals surface area contributed by atoms with E-state index in [9.17, 15) is 9.59 Å². The minimum atomic E-state index is -0.0485. The largest absolute Gasteiger partial charge is 0.455 e. The van der Waals surface area contributed by atoms with E-state index >= 15 is 0 Å². The molecule has 31 heavy (non-hydrogen) atoms. The number of para-hydroxylation sites is 1. The highest BCUT2D eigenvalue weighted by molar-refractivity contribution is 8.18. The summed E-state index contributed by atoms with van der Waals surface area (Å²) in [5, 5.41) is 10.1. The lowest BCUT2D eigenvalue weighted by Crippen LogP contribution is -2.12. The van der Waals surface area contributed by atoms with Crippen molar-refractivity contribution in [2.45, 2.75) is 51.0 Å². The maximum Gasteiger partial charge on any atom is 0.200 e. The van der Waals surface area contributed by atoms with Crippen molar-refractivity contribution in [2.24, 2.45) is 0 Å². The summed E-state index contributed by atoms with van der Waals surface area (Å²) < 4.78 is 6.23. The highest BCUT2D eigenvalue weighted by atomic mass is 32.2. The van der Waals surface area contributed by atoms with Crippen LogP contribution in [0.1, 0.15) is 43.4 Å². The molecule has 0 bridgehead atoms. The molecule has 1 heterocycles. The Morgan fingerprint density at radius 3 is 2.48 bits per heavy atom. The first kappa shape index (κ1) is 23.9. The molecule has 0 aliphatic rings. The lowest BCUT2D eigenvalue weighted by molar-refractivity contribution is -0.118. The zero-order valence-electron chi connectivity index (χ0n) is 18.6. The molecule has 0 saturated carbocycles. The van der Waals surface area contributed by atoms with Gasteiger partial charge < -0.3 is 9.52 Å². The van der Waals surface area contributed by atoms with Crippen LogP contribution in [0.4, 0.5) is 0 Å². The number of Topliss-reactive ketones (excluding diaryl/α,β-unsaturated/α-hetero) is 1. The van der Waals surface area contributed by atoms with E-state index in [0.717, 1.165) is 34.6 Å². The third-order valence-electron chi connectivity index (χ3n) is 5.44. The van der Waals surface area contributed by atoms with E-state index in [2.05, 4.69) is 13.8 Å². The van der Waals surface area contributed by atoms with E-state index < -0.39 is 0 Å². The zero-order chi connectivity index (χ0) is 22.6. The number of carbonyl (C=O) groups is 1. The molecule has 2 aromatic carbocycles. The Balaban J connectivity index is 1.74. The Labute approximate surface area is 191 Å². The van der Waals surface area contributed by atoms with Gasteiger partial charge in [-0.15, -0.1) is 23.5 Å². The molecule has 0 amide bonds. The molecule has 3 aromatic rings. The first-order chi connectivity index (χ1) is 14.7. The van der Waals surface area contributed by atoms with Gasteiger partial charge in [0.05, 0.1) is 21.5 Å². The van der Waals surface area contributed by atoms with E-state index in [1.54, 1.807) is 17.8 Å². The van der Waals surface area contributed by atoms with Gasteiger partial charge in [-0.1, -0.05) is 18.2 Å². The number of aliphatic hydroxyl groups is 1. The number of fused-ring (bicyclic) bond motifs is 2. The quantitative estimate of drug-likeness (QED) is 0.241. The second kappa shape index (κ2) is 10.2. The van der Waals surface area contributed by atoms with Crippen molar-refractivity contribution >= 4 is 51.2 Å². The summed E-state index contributed by atoms with van der Waals surface area (Å²) >= 11 is 3.55. The highest BCUT2D eigenvalue weighted by Gasteiger charge is 2.19. The molecular weight excluding hydrogens is 428 g/mol. The van der Waals surface area contributed by atoms with Gasteiger partial charge in [-0.25, -0.2) is 0 Å². The van der Waals surface area contributed by atoms with Crippen molar-refractivity contribution in [1.82, 2.24) is 0 Å². The zero-order valence-corrected chi connectivity index (χ0v) is 20.3. The molecule has 0 atom stereocenters. The first-order valence-corrected chi connectivity index (χ1v) is 12.6. The van der Waals surface area contributed by atoms with Gasteiger partial charge in [0.15, 0.2) is 0 Å². The predicted molar refractivity (Wildman–Crippen MR) is 133 cm³/mol. The summed E-state index contributed by atoms with van der Waals surface area (Å²) in [6, 6.07) is 9.23. The number of ketones is 1. The van der Waals surface area contributed by atoms with Gasteiger partial charge in [0.2, 0.25) is 5.43 Å². The Morgan fingerprint density at radius 2 is 1.74 bits per heavy atom. The van der Waals surface area contributed by atoms with Crippen LogP contribution in [0, 0.1) is 13.8 Å². The minimum absolute atomic E-state index is 0.0296. The Bertz CT molecular complexity index is 1150. The monoisotopic (exact) mass is 458 g/mol. The third kappa shape index (κ3) is 5.73. The molecule has 0 radical (unpaired) electrons. The Morgan fingerprint density at radius 1 is 1.03 bits per heavy atom. The molecule has 0 aliphatic heterocycles. The van der Waals surface area contributed by atoms with Crippen molar-refractivity contribution in [3.63, 3.8) is 0 Å². The van der Waals surface area contributed by atoms with Gasteiger partial charge in [0.25, 0.3) is 0 Å². The smallest absolute Gasteiger partial charge is 0.200 e. The van der Waals surface area contributed by atoms with E-state index in [1.165, 1.54) is 0 Å². The second-order valence-corrected chi connectivity index (χ2v) is 11.9. The summed E-state index contributed by atoms with van der Waals surface area (Å²) in [5.41, 5.74) is 3.88. The van der Waals surface area contributed by atoms with Crippen LogP contribution in [0.3, 0.4) is 0 Å². The number of rotatable bonds is 10. The number of hydrogen-bond donors (Lipinski definition) is 1. The van der Waals surface area contributed by atoms with E-state index in [-0.39, 0.29) is 28.3 Å². The summed E-state index contributed by atoms with van der Waals surface area (Å²) in [4.78, 5) is 25.7. The van der Waals surface area contributed by atoms with E-state index in [1.807, 2.05) is 49.9 Å². The fourth-order valence-electron chi connectivity index (χ4n) is 3.59.